The molecule has 0 bridgehead atoms. The van der Waals surface area contributed by atoms with Gasteiger partial charge >= 0.3 is 5.97 Å². The minimum Gasteiger partial charge on any atom is -0.466 e. The fraction of sp³-hybridized carbons (Fsp3) is 0.364. The summed E-state index contributed by atoms with van der Waals surface area (Å²) >= 11 is 3.43. The van der Waals surface area contributed by atoms with Gasteiger partial charge < -0.3 is 10.1 Å². The summed E-state index contributed by atoms with van der Waals surface area (Å²) in [6.45, 7) is 2.41. The van der Waals surface area contributed by atoms with Crippen molar-refractivity contribution in [3.05, 3.63) is 70.2 Å². The summed E-state index contributed by atoms with van der Waals surface area (Å²) in [4.78, 5) is 25.2. The normalized spacial score (nSPS) is 15.6. The molecule has 27 heavy (non-hydrogen) atoms. The highest BCUT2D eigenvalue weighted by Gasteiger charge is 2.51. The zero-order valence-electron chi connectivity index (χ0n) is 15.4. The number of esters is 1. The molecule has 3 rings (SSSR count). The van der Waals surface area contributed by atoms with Gasteiger partial charge in [-0.3, -0.25) is 9.59 Å². The van der Waals surface area contributed by atoms with Gasteiger partial charge in [0.15, 0.2) is 0 Å². The van der Waals surface area contributed by atoms with Crippen LogP contribution in [0.1, 0.15) is 30.9 Å². The second kappa shape index (κ2) is 8.70. The van der Waals surface area contributed by atoms with E-state index in [1.54, 1.807) is 6.92 Å². The number of nitrogens with one attached hydrogen (secondary N) is 1. The number of ether oxygens (including phenoxy) is 1. The Morgan fingerprint density at radius 1 is 1.11 bits per heavy atom. The van der Waals surface area contributed by atoms with Gasteiger partial charge in [0.2, 0.25) is 5.91 Å². The average molecular weight is 430 g/mol. The van der Waals surface area contributed by atoms with E-state index in [9.17, 15) is 9.59 Å². The molecule has 5 heteroatoms. The fourth-order valence-electron chi connectivity index (χ4n) is 3.32. The van der Waals surface area contributed by atoms with Crippen LogP contribution in [0.4, 0.5) is 0 Å². The molecule has 1 unspecified atom stereocenters. The maximum absolute atomic E-state index is 12.9. The Morgan fingerprint density at radius 2 is 1.78 bits per heavy atom. The maximum atomic E-state index is 12.9. The average Bonchev–Trinajstić information content (AvgIpc) is 3.48. The zero-order chi connectivity index (χ0) is 19.3. The van der Waals surface area contributed by atoms with E-state index >= 15 is 0 Å². The van der Waals surface area contributed by atoms with Crippen molar-refractivity contribution in [2.45, 2.75) is 31.6 Å². The molecule has 1 atom stereocenters. The van der Waals surface area contributed by atoms with Crippen molar-refractivity contribution >= 4 is 27.8 Å². The van der Waals surface area contributed by atoms with Crippen LogP contribution in [0, 0.1) is 5.92 Å². The highest BCUT2D eigenvalue weighted by molar-refractivity contribution is 9.10. The summed E-state index contributed by atoms with van der Waals surface area (Å²) < 4.78 is 6.21. The SMILES string of the molecule is CCOC(=O)C(CNC(=O)C1(c2ccc(Br)cc2)CC1)Cc1ccccc1. The van der Waals surface area contributed by atoms with E-state index in [0.717, 1.165) is 28.4 Å². The number of hydrogen-bond acceptors (Lipinski definition) is 3. The summed E-state index contributed by atoms with van der Waals surface area (Å²) in [5.41, 5.74) is 1.63. The number of rotatable bonds is 8. The molecule has 0 heterocycles. The lowest BCUT2D eigenvalue weighted by Crippen LogP contribution is -2.40. The van der Waals surface area contributed by atoms with Gasteiger partial charge in [-0.1, -0.05) is 58.4 Å². The lowest BCUT2D eigenvalue weighted by Gasteiger charge is -2.20. The van der Waals surface area contributed by atoms with E-state index in [-0.39, 0.29) is 18.4 Å². The summed E-state index contributed by atoms with van der Waals surface area (Å²) in [7, 11) is 0. The summed E-state index contributed by atoms with van der Waals surface area (Å²) in [6, 6.07) is 17.7. The van der Waals surface area contributed by atoms with Crippen molar-refractivity contribution in [2.75, 3.05) is 13.2 Å². The molecule has 0 aliphatic heterocycles. The van der Waals surface area contributed by atoms with Gasteiger partial charge in [0.05, 0.1) is 17.9 Å². The minimum absolute atomic E-state index is 0.00724. The molecular formula is C22H24BrNO3. The molecule has 2 aromatic carbocycles. The van der Waals surface area contributed by atoms with Gasteiger partial charge in [0.25, 0.3) is 0 Å². The number of benzene rings is 2. The molecule has 2 aromatic rings. The first-order valence-electron chi connectivity index (χ1n) is 9.30. The smallest absolute Gasteiger partial charge is 0.311 e. The van der Waals surface area contributed by atoms with Crippen molar-refractivity contribution in [1.82, 2.24) is 5.32 Å². The Kier molecular flexibility index (Phi) is 6.32. The quantitative estimate of drug-likeness (QED) is 0.644. The summed E-state index contributed by atoms with van der Waals surface area (Å²) in [5.74, 6) is -0.667. The number of hydrogen-bond donors (Lipinski definition) is 1. The Morgan fingerprint density at radius 3 is 2.37 bits per heavy atom. The van der Waals surface area contributed by atoms with Crippen LogP contribution in [-0.2, 0) is 26.2 Å². The largest absolute Gasteiger partial charge is 0.466 e. The van der Waals surface area contributed by atoms with Gasteiger partial charge in [-0.05, 0) is 49.4 Å². The molecule has 0 radical (unpaired) electrons. The molecule has 1 aliphatic rings. The molecular weight excluding hydrogens is 406 g/mol. The van der Waals surface area contributed by atoms with E-state index in [0.29, 0.717) is 13.0 Å². The third-order valence-corrected chi connectivity index (χ3v) is 5.56. The van der Waals surface area contributed by atoms with Crippen molar-refractivity contribution in [1.29, 1.82) is 0 Å². The molecule has 1 N–H and O–H groups in total. The molecule has 1 saturated carbocycles. The second-order valence-corrected chi connectivity index (χ2v) is 7.85. The maximum Gasteiger partial charge on any atom is 0.311 e. The van der Waals surface area contributed by atoms with Gasteiger partial charge in [-0.15, -0.1) is 0 Å². The molecule has 0 spiro atoms. The molecule has 1 aliphatic carbocycles. The van der Waals surface area contributed by atoms with Crippen molar-refractivity contribution < 1.29 is 14.3 Å². The van der Waals surface area contributed by atoms with E-state index in [1.807, 2.05) is 54.6 Å². The van der Waals surface area contributed by atoms with Crippen molar-refractivity contribution in [3.8, 4) is 0 Å². The van der Waals surface area contributed by atoms with E-state index in [1.165, 1.54) is 0 Å². The monoisotopic (exact) mass is 429 g/mol. The van der Waals surface area contributed by atoms with Crippen LogP contribution in [0.5, 0.6) is 0 Å². The third-order valence-electron chi connectivity index (χ3n) is 5.04. The lowest BCUT2D eigenvalue weighted by molar-refractivity contribution is -0.147. The van der Waals surface area contributed by atoms with E-state index in [2.05, 4.69) is 21.2 Å². The second-order valence-electron chi connectivity index (χ2n) is 6.94. The van der Waals surface area contributed by atoms with Crippen LogP contribution in [0.3, 0.4) is 0 Å². The number of carbonyl (C=O) groups excluding carboxylic acids is 2. The Hall–Kier alpha value is -2.14. The lowest BCUT2D eigenvalue weighted by atomic mass is 9.94. The molecule has 4 nitrogen and oxygen atoms in total. The molecule has 0 saturated heterocycles. The van der Waals surface area contributed by atoms with Gasteiger partial charge in [-0.25, -0.2) is 0 Å². The Bertz CT molecular complexity index is 785. The minimum atomic E-state index is -0.452. The van der Waals surface area contributed by atoms with Crippen LogP contribution in [0.2, 0.25) is 0 Å². The van der Waals surface area contributed by atoms with Crippen LogP contribution in [-0.4, -0.2) is 25.0 Å². The van der Waals surface area contributed by atoms with Crippen molar-refractivity contribution in [2.24, 2.45) is 5.92 Å². The summed E-state index contributed by atoms with van der Waals surface area (Å²) in [5, 5.41) is 3.01. The first-order valence-corrected chi connectivity index (χ1v) is 10.1. The topological polar surface area (TPSA) is 55.4 Å². The summed E-state index contributed by atoms with van der Waals surface area (Å²) in [6.07, 6.45) is 2.22. The van der Waals surface area contributed by atoms with Gasteiger partial charge in [-0.2, -0.15) is 0 Å². The zero-order valence-corrected chi connectivity index (χ0v) is 17.0. The highest BCUT2D eigenvalue weighted by atomic mass is 79.9. The first kappa shape index (κ1) is 19.6. The van der Waals surface area contributed by atoms with E-state index in [4.69, 9.17) is 4.74 Å². The van der Waals surface area contributed by atoms with Crippen molar-refractivity contribution in [3.63, 3.8) is 0 Å². The Labute approximate surface area is 168 Å². The van der Waals surface area contributed by atoms with Crippen LogP contribution in [0.25, 0.3) is 0 Å². The van der Waals surface area contributed by atoms with Crippen LogP contribution in [0.15, 0.2) is 59.1 Å². The van der Waals surface area contributed by atoms with Crippen LogP contribution < -0.4 is 5.32 Å². The first-order chi connectivity index (χ1) is 13.0. The standard InChI is InChI=1S/C22H24BrNO3/c1-2-27-20(25)17(14-16-6-4-3-5-7-16)15-24-21(26)22(12-13-22)18-8-10-19(23)11-9-18/h3-11,17H,2,12-15H2,1H3,(H,24,26). The molecule has 0 aromatic heterocycles. The van der Waals surface area contributed by atoms with Gasteiger partial charge in [0, 0.05) is 11.0 Å². The van der Waals surface area contributed by atoms with Gasteiger partial charge in [0.1, 0.15) is 0 Å². The predicted octanol–water partition coefficient (Wildman–Crippen LogP) is 4.02. The highest BCUT2D eigenvalue weighted by Crippen LogP contribution is 2.48. The predicted molar refractivity (Wildman–Crippen MR) is 108 cm³/mol. The number of halogens is 1. The number of carbonyl (C=O) groups is 2. The molecule has 142 valence electrons. The van der Waals surface area contributed by atoms with Crippen LogP contribution >= 0.6 is 15.9 Å². The molecule has 1 amide bonds. The number of amides is 1. The Balaban J connectivity index is 1.66. The third kappa shape index (κ3) is 4.78. The molecule has 1 fully saturated rings. The van der Waals surface area contributed by atoms with E-state index < -0.39 is 11.3 Å². The fourth-order valence-corrected chi connectivity index (χ4v) is 3.59.